The molecule has 0 saturated heterocycles. The zero-order chi connectivity index (χ0) is 17.2. The summed E-state index contributed by atoms with van der Waals surface area (Å²) in [6, 6.07) is 0. The van der Waals surface area contributed by atoms with Crippen molar-refractivity contribution in [1.29, 1.82) is 0 Å². The predicted octanol–water partition coefficient (Wildman–Crippen LogP) is 7.82. The van der Waals surface area contributed by atoms with E-state index in [1.165, 1.54) is 25.7 Å². The van der Waals surface area contributed by atoms with Crippen molar-refractivity contribution in [1.82, 2.24) is 0 Å². The van der Waals surface area contributed by atoms with E-state index in [1.54, 1.807) is 0 Å². The highest BCUT2D eigenvalue weighted by Crippen LogP contribution is 2.45. The van der Waals surface area contributed by atoms with Crippen molar-refractivity contribution in [3.8, 4) is 0 Å². The third-order valence-corrected chi connectivity index (χ3v) is 5.88. The molecule has 0 aliphatic heterocycles. The summed E-state index contributed by atoms with van der Waals surface area (Å²) < 4.78 is 0. The second-order valence-corrected chi connectivity index (χ2v) is 8.02. The van der Waals surface area contributed by atoms with Crippen LogP contribution in [0.3, 0.4) is 0 Å². The molecular formula is C21H46. The monoisotopic (exact) mass is 298 g/mol. The van der Waals surface area contributed by atoms with Gasteiger partial charge in [0.1, 0.15) is 0 Å². The summed E-state index contributed by atoms with van der Waals surface area (Å²) in [6.07, 6.45) is 5.70. The number of hydrogen-bond acceptors (Lipinski definition) is 0. The standard InChI is InChI=1S/C12H24.C7H16.C2H6/c1-5-10-8-11(6-2)12(7-3)9(10)4;1-6(2)7(3,4)5;1-2/h9-12H,5-8H2,1-4H3;6H,1-5H3;1-2H3. The minimum Gasteiger partial charge on any atom is -0.0683 e. The van der Waals surface area contributed by atoms with Gasteiger partial charge in [-0.3, -0.25) is 0 Å². The Morgan fingerprint density at radius 3 is 1.43 bits per heavy atom. The zero-order valence-electron chi connectivity index (χ0n) is 17.2. The van der Waals surface area contributed by atoms with Crippen molar-refractivity contribution < 1.29 is 0 Å². The maximum absolute atomic E-state index is 2.47. The Morgan fingerprint density at radius 2 is 1.24 bits per heavy atom. The fraction of sp³-hybridized carbons (Fsp3) is 1.00. The molecule has 1 aliphatic rings. The van der Waals surface area contributed by atoms with Gasteiger partial charge in [-0.25, -0.2) is 0 Å². The largest absolute Gasteiger partial charge is 0.0683 e. The quantitative estimate of drug-likeness (QED) is 0.498. The van der Waals surface area contributed by atoms with Gasteiger partial charge in [-0.1, -0.05) is 95.4 Å². The van der Waals surface area contributed by atoms with E-state index in [9.17, 15) is 0 Å². The molecule has 21 heavy (non-hydrogen) atoms. The molecule has 1 fully saturated rings. The van der Waals surface area contributed by atoms with E-state index in [1.807, 2.05) is 13.8 Å². The minimum absolute atomic E-state index is 0.500. The lowest BCUT2D eigenvalue weighted by atomic mass is 9.84. The van der Waals surface area contributed by atoms with Gasteiger partial charge in [0.25, 0.3) is 0 Å². The SMILES string of the molecule is CC.CC(C)C(C)(C)C.CCC1CC(CC)C(CC)C1C. The van der Waals surface area contributed by atoms with Crippen LogP contribution in [-0.2, 0) is 0 Å². The maximum Gasteiger partial charge on any atom is -0.0360 e. The number of rotatable bonds is 3. The molecule has 0 heterocycles. The average Bonchev–Trinajstić information content (AvgIpc) is 2.76. The lowest BCUT2D eigenvalue weighted by Gasteiger charge is -2.22. The first-order valence-corrected chi connectivity index (χ1v) is 9.68. The second-order valence-electron chi connectivity index (χ2n) is 8.02. The Bertz CT molecular complexity index is 219. The van der Waals surface area contributed by atoms with Crippen molar-refractivity contribution >= 4 is 0 Å². The molecule has 4 unspecified atom stereocenters. The lowest BCUT2D eigenvalue weighted by Crippen LogP contribution is -2.13. The van der Waals surface area contributed by atoms with E-state index in [0.717, 1.165) is 29.6 Å². The predicted molar refractivity (Wildman–Crippen MR) is 101 cm³/mol. The van der Waals surface area contributed by atoms with Crippen molar-refractivity contribution in [3.63, 3.8) is 0 Å². The second kappa shape index (κ2) is 11.6. The third-order valence-electron chi connectivity index (χ3n) is 5.88. The van der Waals surface area contributed by atoms with Crippen LogP contribution in [0.4, 0.5) is 0 Å². The molecule has 0 heteroatoms. The summed E-state index contributed by atoms with van der Waals surface area (Å²) in [6.45, 7) is 24.8. The van der Waals surface area contributed by atoms with Gasteiger partial charge >= 0.3 is 0 Å². The smallest absolute Gasteiger partial charge is 0.0360 e. The molecule has 0 amide bonds. The van der Waals surface area contributed by atoms with Gasteiger partial charge in [-0.15, -0.1) is 0 Å². The summed E-state index contributed by atoms with van der Waals surface area (Å²) in [7, 11) is 0. The Hall–Kier alpha value is 0. The van der Waals surface area contributed by atoms with Gasteiger partial charge < -0.3 is 0 Å². The first kappa shape index (κ1) is 23.3. The summed E-state index contributed by atoms with van der Waals surface area (Å²) in [5.74, 6) is 4.88. The Balaban J connectivity index is 0. The molecule has 0 spiro atoms. The van der Waals surface area contributed by atoms with E-state index < -0.39 is 0 Å². The van der Waals surface area contributed by atoms with Crippen LogP contribution in [0.5, 0.6) is 0 Å². The summed E-state index contributed by atoms with van der Waals surface area (Å²) in [4.78, 5) is 0. The molecule has 130 valence electrons. The average molecular weight is 299 g/mol. The van der Waals surface area contributed by atoms with Crippen LogP contribution in [0.2, 0.25) is 0 Å². The molecule has 4 atom stereocenters. The van der Waals surface area contributed by atoms with Crippen LogP contribution in [0, 0.1) is 35.0 Å². The van der Waals surface area contributed by atoms with Crippen LogP contribution in [0.1, 0.15) is 102 Å². The van der Waals surface area contributed by atoms with Crippen molar-refractivity contribution in [2.45, 2.75) is 102 Å². The van der Waals surface area contributed by atoms with Gasteiger partial charge in [0.15, 0.2) is 0 Å². The summed E-state index contributed by atoms with van der Waals surface area (Å²) in [5.41, 5.74) is 0.500. The van der Waals surface area contributed by atoms with Crippen LogP contribution in [0.15, 0.2) is 0 Å². The topological polar surface area (TPSA) is 0 Å². The first-order valence-electron chi connectivity index (χ1n) is 9.68. The first-order chi connectivity index (χ1) is 9.68. The Morgan fingerprint density at radius 1 is 0.857 bits per heavy atom. The fourth-order valence-electron chi connectivity index (χ4n) is 3.27. The van der Waals surface area contributed by atoms with E-state index >= 15 is 0 Å². The Labute approximate surface area is 137 Å². The normalized spacial score (nSPS) is 28.6. The molecule has 1 aliphatic carbocycles. The van der Waals surface area contributed by atoms with E-state index in [4.69, 9.17) is 0 Å². The molecule has 0 nitrogen and oxygen atoms in total. The molecule has 1 saturated carbocycles. The van der Waals surface area contributed by atoms with Crippen LogP contribution in [0.25, 0.3) is 0 Å². The van der Waals surface area contributed by atoms with Gasteiger partial charge in [-0.2, -0.15) is 0 Å². The van der Waals surface area contributed by atoms with Crippen LogP contribution in [-0.4, -0.2) is 0 Å². The highest BCUT2D eigenvalue weighted by Gasteiger charge is 2.37. The van der Waals surface area contributed by atoms with Crippen LogP contribution >= 0.6 is 0 Å². The molecule has 0 radical (unpaired) electrons. The Kier molecular flexibility index (Phi) is 12.8. The molecule has 1 rings (SSSR count). The summed E-state index contributed by atoms with van der Waals surface area (Å²) >= 11 is 0. The van der Waals surface area contributed by atoms with E-state index in [-0.39, 0.29) is 0 Å². The maximum atomic E-state index is 2.47. The van der Waals surface area contributed by atoms with Crippen molar-refractivity contribution in [2.75, 3.05) is 0 Å². The van der Waals surface area contributed by atoms with Gasteiger partial charge in [-0.05, 0) is 41.4 Å². The fourth-order valence-corrected chi connectivity index (χ4v) is 3.27. The van der Waals surface area contributed by atoms with Crippen LogP contribution < -0.4 is 0 Å². The highest BCUT2D eigenvalue weighted by molar-refractivity contribution is 4.86. The molecule has 0 aromatic carbocycles. The molecular weight excluding hydrogens is 252 g/mol. The van der Waals surface area contributed by atoms with E-state index in [2.05, 4.69) is 62.3 Å². The van der Waals surface area contributed by atoms with Crippen molar-refractivity contribution in [3.05, 3.63) is 0 Å². The van der Waals surface area contributed by atoms with Gasteiger partial charge in [0.2, 0.25) is 0 Å². The van der Waals surface area contributed by atoms with Gasteiger partial charge in [0, 0.05) is 0 Å². The minimum atomic E-state index is 0.500. The number of hydrogen-bond donors (Lipinski definition) is 0. The van der Waals surface area contributed by atoms with Gasteiger partial charge in [0.05, 0.1) is 0 Å². The molecule has 0 aromatic heterocycles. The summed E-state index contributed by atoms with van der Waals surface area (Å²) in [5, 5.41) is 0. The highest BCUT2D eigenvalue weighted by atomic mass is 14.4. The third kappa shape index (κ3) is 8.27. The zero-order valence-corrected chi connectivity index (χ0v) is 17.2. The lowest BCUT2D eigenvalue weighted by molar-refractivity contribution is 0.283. The molecule has 0 N–H and O–H groups in total. The van der Waals surface area contributed by atoms with Crippen molar-refractivity contribution in [2.24, 2.45) is 35.0 Å². The van der Waals surface area contributed by atoms with E-state index in [0.29, 0.717) is 5.41 Å². The molecule has 0 aromatic rings. The molecule has 0 bridgehead atoms.